The summed E-state index contributed by atoms with van der Waals surface area (Å²) in [5, 5.41) is 6.47. The standard InChI is InChI=1S/C15H21N3O/c1-11-2-4-13(5-3-11)17-15(19)10-18-8-12-6-7-16-14(12)9-18/h2-5,12,14,16H,6-10H2,1H3,(H,17,19)/t12-,14+/m0/s1. The number of fused-ring (bicyclic) bond motifs is 1. The molecule has 1 aromatic carbocycles. The molecule has 1 amide bonds. The molecule has 0 bridgehead atoms. The van der Waals surface area contributed by atoms with Crippen LogP contribution in [0.3, 0.4) is 0 Å². The minimum absolute atomic E-state index is 0.0869. The molecule has 2 aliphatic rings. The third-order valence-electron chi connectivity index (χ3n) is 4.14. The van der Waals surface area contributed by atoms with Crippen LogP contribution in [0, 0.1) is 12.8 Å². The lowest BCUT2D eigenvalue weighted by molar-refractivity contribution is -0.117. The van der Waals surface area contributed by atoms with Crippen LogP contribution in [-0.4, -0.2) is 43.0 Å². The van der Waals surface area contributed by atoms with E-state index in [0.29, 0.717) is 12.6 Å². The van der Waals surface area contributed by atoms with Gasteiger partial charge < -0.3 is 10.6 Å². The van der Waals surface area contributed by atoms with Crippen molar-refractivity contribution in [2.24, 2.45) is 5.92 Å². The third kappa shape index (κ3) is 2.96. The van der Waals surface area contributed by atoms with Gasteiger partial charge in [-0.3, -0.25) is 9.69 Å². The first-order valence-corrected chi connectivity index (χ1v) is 7.03. The van der Waals surface area contributed by atoms with E-state index >= 15 is 0 Å². The SMILES string of the molecule is Cc1ccc(NC(=O)CN2C[C@@H]3CCN[C@@H]3C2)cc1. The lowest BCUT2D eigenvalue weighted by atomic mass is 10.1. The third-order valence-corrected chi connectivity index (χ3v) is 4.14. The average Bonchev–Trinajstić information content (AvgIpc) is 2.92. The molecule has 0 aliphatic carbocycles. The number of hydrogen-bond donors (Lipinski definition) is 2. The molecule has 3 rings (SSSR count). The van der Waals surface area contributed by atoms with E-state index < -0.39 is 0 Å². The Morgan fingerprint density at radius 1 is 1.37 bits per heavy atom. The first kappa shape index (κ1) is 12.6. The molecule has 0 aromatic heterocycles. The second-order valence-electron chi connectivity index (χ2n) is 5.72. The Kier molecular flexibility index (Phi) is 3.53. The number of rotatable bonds is 3. The van der Waals surface area contributed by atoms with Crippen molar-refractivity contribution in [3.63, 3.8) is 0 Å². The summed E-state index contributed by atoms with van der Waals surface area (Å²) in [6.45, 7) is 5.74. The van der Waals surface area contributed by atoms with Gasteiger partial charge in [0.1, 0.15) is 0 Å². The fourth-order valence-electron chi connectivity index (χ4n) is 3.11. The molecule has 0 spiro atoms. The average molecular weight is 259 g/mol. The Morgan fingerprint density at radius 2 is 2.16 bits per heavy atom. The Bertz CT molecular complexity index is 445. The summed E-state index contributed by atoms with van der Waals surface area (Å²) in [4.78, 5) is 14.3. The van der Waals surface area contributed by atoms with Crippen molar-refractivity contribution in [2.75, 3.05) is 31.5 Å². The molecule has 0 saturated carbocycles. The van der Waals surface area contributed by atoms with Crippen LogP contribution in [0.1, 0.15) is 12.0 Å². The summed E-state index contributed by atoms with van der Waals surface area (Å²) in [5.74, 6) is 0.830. The van der Waals surface area contributed by atoms with Crippen LogP contribution < -0.4 is 10.6 Å². The Labute approximate surface area is 114 Å². The second-order valence-corrected chi connectivity index (χ2v) is 5.72. The van der Waals surface area contributed by atoms with E-state index in [9.17, 15) is 4.79 Å². The number of nitrogens with one attached hydrogen (secondary N) is 2. The normalized spacial score (nSPS) is 26.4. The van der Waals surface area contributed by atoms with Crippen LogP contribution >= 0.6 is 0 Å². The first-order chi connectivity index (χ1) is 9.20. The van der Waals surface area contributed by atoms with Crippen LogP contribution in [0.5, 0.6) is 0 Å². The topological polar surface area (TPSA) is 44.4 Å². The minimum atomic E-state index is 0.0869. The van der Waals surface area contributed by atoms with Gasteiger partial charge in [-0.1, -0.05) is 17.7 Å². The van der Waals surface area contributed by atoms with Crippen molar-refractivity contribution in [3.8, 4) is 0 Å². The zero-order valence-electron chi connectivity index (χ0n) is 11.4. The molecule has 2 N–H and O–H groups in total. The summed E-state index contributed by atoms with van der Waals surface area (Å²) in [6.07, 6.45) is 1.25. The number of hydrogen-bond acceptors (Lipinski definition) is 3. The molecule has 0 radical (unpaired) electrons. The van der Waals surface area contributed by atoms with Gasteiger partial charge in [0.2, 0.25) is 5.91 Å². The van der Waals surface area contributed by atoms with Crippen LogP contribution in [0.15, 0.2) is 24.3 Å². The predicted octanol–water partition coefficient (Wildman–Crippen LogP) is 1.23. The fraction of sp³-hybridized carbons (Fsp3) is 0.533. The molecule has 4 heteroatoms. The quantitative estimate of drug-likeness (QED) is 0.858. The number of nitrogens with zero attached hydrogens (tertiary/aromatic N) is 1. The number of anilines is 1. The van der Waals surface area contributed by atoms with Gasteiger partial charge in [0.15, 0.2) is 0 Å². The van der Waals surface area contributed by atoms with E-state index in [4.69, 9.17) is 0 Å². The number of benzene rings is 1. The largest absolute Gasteiger partial charge is 0.325 e. The summed E-state index contributed by atoms with van der Waals surface area (Å²) in [6, 6.07) is 8.53. The maximum absolute atomic E-state index is 12.0. The first-order valence-electron chi connectivity index (χ1n) is 7.03. The Morgan fingerprint density at radius 3 is 2.89 bits per heavy atom. The fourth-order valence-corrected chi connectivity index (χ4v) is 3.11. The summed E-state index contributed by atoms with van der Waals surface area (Å²) < 4.78 is 0. The van der Waals surface area contributed by atoms with Crippen molar-refractivity contribution in [1.29, 1.82) is 0 Å². The van der Waals surface area contributed by atoms with E-state index in [-0.39, 0.29) is 5.91 Å². The highest BCUT2D eigenvalue weighted by Gasteiger charge is 2.36. The predicted molar refractivity (Wildman–Crippen MR) is 76.1 cm³/mol. The summed E-state index contributed by atoms with van der Waals surface area (Å²) >= 11 is 0. The van der Waals surface area contributed by atoms with Gasteiger partial charge in [0.05, 0.1) is 6.54 Å². The monoisotopic (exact) mass is 259 g/mol. The highest BCUT2D eigenvalue weighted by atomic mass is 16.2. The summed E-state index contributed by atoms with van der Waals surface area (Å²) in [5.41, 5.74) is 2.09. The Hall–Kier alpha value is -1.39. The van der Waals surface area contributed by atoms with E-state index in [1.54, 1.807) is 0 Å². The van der Waals surface area contributed by atoms with Crippen LogP contribution in [-0.2, 0) is 4.79 Å². The number of aryl methyl sites for hydroxylation is 1. The zero-order chi connectivity index (χ0) is 13.2. The number of likely N-dealkylation sites (tertiary alicyclic amines) is 1. The molecular weight excluding hydrogens is 238 g/mol. The van der Waals surface area contributed by atoms with Gasteiger partial charge in [0, 0.05) is 24.8 Å². The maximum Gasteiger partial charge on any atom is 0.238 e. The van der Waals surface area contributed by atoms with Crippen molar-refractivity contribution in [1.82, 2.24) is 10.2 Å². The smallest absolute Gasteiger partial charge is 0.238 e. The lowest BCUT2D eigenvalue weighted by Crippen LogP contribution is -2.35. The molecule has 19 heavy (non-hydrogen) atoms. The van der Waals surface area contributed by atoms with Gasteiger partial charge in [-0.25, -0.2) is 0 Å². The molecular formula is C15H21N3O. The van der Waals surface area contributed by atoms with Gasteiger partial charge in [-0.15, -0.1) is 0 Å². The maximum atomic E-state index is 12.0. The van der Waals surface area contributed by atoms with E-state index in [2.05, 4.69) is 15.5 Å². The molecule has 4 nitrogen and oxygen atoms in total. The molecule has 102 valence electrons. The molecule has 2 heterocycles. The highest BCUT2D eigenvalue weighted by Crippen LogP contribution is 2.24. The molecule has 1 aromatic rings. The number of carbonyl (C=O) groups excluding carboxylic acids is 1. The van der Waals surface area contributed by atoms with Crippen LogP contribution in [0.25, 0.3) is 0 Å². The molecule has 0 unspecified atom stereocenters. The summed E-state index contributed by atoms with van der Waals surface area (Å²) in [7, 11) is 0. The Balaban J connectivity index is 1.50. The zero-order valence-corrected chi connectivity index (χ0v) is 11.4. The van der Waals surface area contributed by atoms with E-state index in [0.717, 1.165) is 31.2 Å². The second kappa shape index (κ2) is 5.31. The molecule has 2 aliphatic heterocycles. The van der Waals surface area contributed by atoms with Crippen molar-refractivity contribution in [2.45, 2.75) is 19.4 Å². The number of amides is 1. The van der Waals surface area contributed by atoms with Crippen LogP contribution in [0.4, 0.5) is 5.69 Å². The van der Waals surface area contributed by atoms with E-state index in [1.165, 1.54) is 12.0 Å². The van der Waals surface area contributed by atoms with Crippen molar-refractivity contribution in [3.05, 3.63) is 29.8 Å². The van der Waals surface area contributed by atoms with Gasteiger partial charge in [-0.05, 0) is 37.9 Å². The van der Waals surface area contributed by atoms with Crippen molar-refractivity contribution < 1.29 is 4.79 Å². The number of carbonyl (C=O) groups is 1. The molecule has 2 fully saturated rings. The van der Waals surface area contributed by atoms with Crippen molar-refractivity contribution >= 4 is 11.6 Å². The van der Waals surface area contributed by atoms with E-state index in [1.807, 2.05) is 31.2 Å². The van der Waals surface area contributed by atoms with Gasteiger partial charge in [0.25, 0.3) is 0 Å². The lowest BCUT2D eigenvalue weighted by Gasteiger charge is -2.16. The minimum Gasteiger partial charge on any atom is -0.325 e. The molecule has 2 atom stereocenters. The van der Waals surface area contributed by atoms with Gasteiger partial charge >= 0.3 is 0 Å². The molecule has 2 saturated heterocycles. The highest BCUT2D eigenvalue weighted by molar-refractivity contribution is 5.92. The van der Waals surface area contributed by atoms with Gasteiger partial charge in [-0.2, -0.15) is 0 Å². The van der Waals surface area contributed by atoms with Crippen LogP contribution in [0.2, 0.25) is 0 Å².